The first kappa shape index (κ1) is 12.1. The SMILES string of the molecule is NCc1ccc(OC(F)F)c(OCC2CC2)c1. The molecule has 1 fully saturated rings. The Labute approximate surface area is 98.5 Å². The fourth-order valence-corrected chi connectivity index (χ4v) is 1.48. The van der Waals surface area contributed by atoms with E-state index in [1.165, 1.54) is 6.07 Å². The van der Waals surface area contributed by atoms with Gasteiger partial charge in [-0.1, -0.05) is 6.07 Å². The fourth-order valence-electron chi connectivity index (χ4n) is 1.48. The highest BCUT2D eigenvalue weighted by atomic mass is 19.3. The zero-order valence-electron chi connectivity index (χ0n) is 9.36. The molecule has 0 bridgehead atoms. The minimum Gasteiger partial charge on any atom is -0.489 e. The van der Waals surface area contributed by atoms with Gasteiger partial charge in [-0.25, -0.2) is 0 Å². The summed E-state index contributed by atoms with van der Waals surface area (Å²) in [5.41, 5.74) is 6.32. The average molecular weight is 243 g/mol. The molecule has 1 aliphatic carbocycles. The van der Waals surface area contributed by atoms with Crippen LogP contribution in [0.4, 0.5) is 8.78 Å². The van der Waals surface area contributed by atoms with Gasteiger partial charge in [0.05, 0.1) is 6.61 Å². The van der Waals surface area contributed by atoms with Crippen LogP contribution in [0.3, 0.4) is 0 Å². The molecule has 0 amide bonds. The molecule has 1 saturated carbocycles. The van der Waals surface area contributed by atoms with Gasteiger partial charge in [-0.2, -0.15) is 8.78 Å². The highest BCUT2D eigenvalue weighted by molar-refractivity contribution is 5.43. The first-order valence-electron chi connectivity index (χ1n) is 5.59. The molecule has 2 rings (SSSR count). The van der Waals surface area contributed by atoms with E-state index in [-0.39, 0.29) is 5.75 Å². The Bertz CT molecular complexity index is 381. The number of rotatable bonds is 6. The quantitative estimate of drug-likeness (QED) is 0.835. The number of benzene rings is 1. The van der Waals surface area contributed by atoms with Crippen LogP contribution in [-0.2, 0) is 6.54 Å². The molecule has 0 atom stereocenters. The molecule has 0 radical (unpaired) electrons. The third-order valence-electron chi connectivity index (χ3n) is 2.63. The fraction of sp³-hybridized carbons (Fsp3) is 0.500. The molecule has 94 valence electrons. The van der Waals surface area contributed by atoms with Crippen LogP contribution in [0.25, 0.3) is 0 Å². The van der Waals surface area contributed by atoms with E-state index in [4.69, 9.17) is 10.5 Å². The van der Waals surface area contributed by atoms with Crippen LogP contribution in [0.15, 0.2) is 18.2 Å². The largest absolute Gasteiger partial charge is 0.489 e. The summed E-state index contributed by atoms with van der Waals surface area (Å²) in [5, 5.41) is 0. The molecule has 17 heavy (non-hydrogen) atoms. The first-order chi connectivity index (χ1) is 8.19. The minimum absolute atomic E-state index is 0.0675. The van der Waals surface area contributed by atoms with Crippen LogP contribution in [0, 0.1) is 5.92 Å². The van der Waals surface area contributed by atoms with Crippen molar-refractivity contribution in [2.75, 3.05) is 6.61 Å². The van der Waals surface area contributed by atoms with Crippen molar-refractivity contribution in [3.63, 3.8) is 0 Å². The Morgan fingerprint density at radius 1 is 1.29 bits per heavy atom. The Hall–Kier alpha value is -1.36. The maximum Gasteiger partial charge on any atom is 0.387 e. The molecular weight excluding hydrogens is 228 g/mol. The molecule has 0 heterocycles. The number of hydrogen-bond donors (Lipinski definition) is 1. The monoisotopic (exact) mass is 243 g/mol. The summed E-state index contributed by atoms with van der Waals surface area (Å²) in [6.07, 6.45) is 2.28. The standard InChI is InChI=1S/C12H15F2NO2/c13-12(14)17-10-4-3-9(6-15)5-11(10)16-7-8-1-2-8/h3-5,8,12H,1-2,6-7,15H2. The van der Waals surface area contributed by atoms with Crippen molar-refractivity contribution in [3.8, 4) is 11.5 Å². The second-order valence-electron chi connectivity index (χ2n) is 4.12. The van der Waals surface area contributed by atoms with Gasteiger partial charge in [0, 0.05) is 6.54 Å². The zero-order chi connectivity index (χ0) is 12.3. The van der Waals surface area contributed by atoms with Crippen molar-refractivity contribution in [1.29, 1.82) is 0 Å². The third-order valence-corrected chi connectivity index (χ3v) is 2.63. The summed E-state index contributed by atoms with van der Waals surface area (Å²) in [5.74, 6) is 0.967. The third kappa shape index (κ3) is 3.56. The smallest absolute Gasteiger partial charge is 0.387 e. The number of nitrogens with two attached hydrogens (primary N) is 1. The zero-order valence-corrected chi connectivity index (χ0v) is 9.36. The van der Waals surface area contributed by atoms with Gasteiger partial charge in [-0.3, -0.25) is 0 Å². The van der Waals surface area contributed by atoms with Gasteiger partial charge in [0.25, 0.3) is 0 Å². The molecule has 0 aromatic heterocycles. The van der Waals surface area contributed by atoms with Crippen molar-refractivity contribution >= 4 is 0 Å². The van der Waals surface area contributed by atoms with Crippen molar-refractivity contribution in [2.45, 2.75) is 26.0 Å². The summed E-state index contributed by atoms with van der Waals surface area (Å²) in [7, 11) is 0. The van der Waals surface area contributed by atoms with Gasteiger partial charge in [-0.15, -0.1) is 0 Å². The molecular formula is C12H15F2NO2. The van der Waals surface area contributed by atoms with Crippen LogP contribution >= 0.6 is 0 Å². The molecule has 2 N–H and O–H groups in total. The van der Waals surface area contributed by atoms with Crippen LogP contribution < -0.4 is 15.2 Å². The van der Waals surface area contributed by atoms with Gasteiger partial charge in [0.1, 0.15) is 0 Å². The van der Waals surface area contributed by atoms with Gasteiger partial charge < -0.3 is 15.2 Å². The van der Waals surface area contributed by atoms with E-state index in [2.05, 4.69) is 4.74 Å². The Morgan fingerprint density at radius 3 is 2.65 bits per heavy atom. The topological polar surface area (TPSA) is 44.5 Å². The molecule has 1 aliphatic rings. The van der Waals surface area contributed by atoms with E-state index in [0.29, 0.717) is 24.8 Å². The Morgan fingerprint density at radius 2 is 2.06 bits per heavy atom. The summed E-state index contributed by atoms with van der Waals surface area (Å²) in [6, 6.07) is 4.78. The highest BCUT2D eigenvalue weighted by Gasteiger charge is 2.23. The molecule has 0 aliphatic heterocycles. The summed E-state index contributed by atoms with van der Waals surface area (Å²) < 4.78 is 34.3. The van der Waals surface area contributed by atoms with Crippen LogP contribution in [0.5, 0.6) is 11.5 Å². The second kappa shape index (κ2) is 5.31. The molecule has 1 aromatic rings. The molecule has 0 saturated heterocycles. The van der Waals surface area contributed by atoms with Crippen LogP contribution in [0.2, 0.25) is 0 Å². The normalized spacial score (nSPS) is 15.1. The van der Waals surface area contributed by atoms with Crippen LogP contribution in [-0.4, -0.2) is 13.2 Å². The number of alkyl halides is 2. The van der Waals surface area contributed by atoms with Gasteiger partial charge >= 0.3 is 6.61 Å². The van der Waals surface area contributed by atoms with Gasteiger partial charge in [-0.05, 0) is 36.5 Å². The molecule has 0 spiro atoms. The lowest BCUT2D eigenvalue weighted by Crippen LogP contribution is -2.07. The van der Waals surface area contributed by atoms with Crippen molar-refractivity contribution in [2.24, 2.45) is 11.7 Å². The number of ether oxygens (including phenoxy) is 2. The van der Waals surface area contributed by atoms with Crippen molar-refractivity contribution in [1.82, 2.24) is 0 Å². The summed E-state index contributed by atoms with van der Waals surface area (Å²) >= 11 is 0. The lowest BCUT2D eigenvalue weighted by molar-refractivity contribution is -0.0515. The summed E-state index contributed by atoms with van der Waals surface area (Å²) in [4.78, 5) is 0. The number of halogens is 2. The van der Waals surface area contributed by atoms with Gasteiger partial charge in [0.15, 0.2) is 11.5 Å². The van der Waals surface area contributed by atoms with Crippen molar-refractivity contribution < 1.29 is 18.3 Å². The van der Waals surface area contributed by atoms with E-state index in [0.717, 1.165) is 18.4 Å². The van der Waals surface area contributed by atoms with Gasteiger partial charge in [0.2, 0.25) is 0 Å². The average Bonchev–Trinajstić information content (AvgIpc) is 3.11. The molecule has 3 nitrogen and oxygen atoms in total. The highest BCUT2D eigenvalue weighted by Crippen LogP contribution is 2.34. The van der Waals surface area contributed by atoms with Crippen molar-refractivity contribution in [3.05, 3.63) is 23.8 Å². The van der Waals surface area contributed by atoms with E-state index < -0.39 is 6.61 Å². The van der Waals surface area contributed by atoms with E-state index in [9.17, 15) is 8.78 Å². The van der Waals surface area contributed by atoms with E-state index in [1.807, 2.05) is 0 Å². The van der Waals surface area contributed by atoms with Crippen LogP contribution in [0.1, 0.15) is 18.4 Å². The first-order valence-corrected chi connectivity index (χ1v) is 5.59. The summed E-state index contributed by atoms with van der Waals surface area (Å²) in [6.45, 7) is -1.95. The van der Waals surface area contributed by atoms with E-state index >= 15 is 0 Å². The lowest BCUT2D eigenvalue weighted by atomic mass is 10.2. The Balaban J connectivity index is 2.10. The maximum atomic E-state index is 12.2. The minimum atomic E-state index is -2.85. The maximum absolute atomic E-state index is 12.2. The van der Waals surface area contributed by atoms with E-state index in [1.54, 1.807) is 12.1 Å². The number of hydrogen-bond acceptors (Lipinski definition) is 3. The molecule has 0 unspecified atom stereocenters. The Kier molecular flexibility index (Phi) is 3.78. The second-order valence-corrected chi connectivity index (χ2v) is 4.12. The predicted molar refractivity (Wildman–Crippen MR) is 59.2 cm³/mol. The lowest BCUT2D eigenvalue weighted by Gasteiger charge is -2.13. The molecule has 1 aromatic carbocycles. The molecule has 5 heteroatoms. The predicted octanol–water partition coefficient (Wildman–Crippen LogP) is 2.54.